The third kappa shape index (κ3) is 4.90. The van der Waals surface area contributed by atoms with Crippen LogP contribution in [-0.4, -0.2) is 47.2 Å². The number of aromatic amines is 1. The summed E-state index contributed by atoms with van der Waals surface area (Å²) < 4.78 is 10.0. The molecule has 0 spiro atoms. The monoisotopic (exact) mass is 297 g/mol. The van der Waals surface area contributed by atoms with Gasteiger partial charge in [-0.3, -0.25) is 5.10 Å². The number of ether oxygens (including phenoxy) is 2. The summed E-state index contributed by atoms with van der Waals surface area (Å²) in [4.78, 5) is 28.2. The molecule has 1 N–H and O–H groups in total. The van der Waals surface area contributed by atoms with Crippen LogP contribution in [0, 0.1) is 0 Å². The second-order valence-electron chi connectivity index (χ2n) is 5.01. The molecule has 0 unspecified atom stereocenters. The van der Waals surface area contributed by atoms with Gasteiger partial charge in [-0.25, -0.2) is 9.59 Å². The molecule has 21 heavy (non-hydrogen) atoms. The quantitative estimate of drug-likeness (QED) is 0.499. The molecule has 8 nitrogen and oxygen atoms in total. The van der Waals surface area contributed by atoms with Crippen LogP contribution in [0.4, 0.5) is 0 Å². The third-order valence-electron chi connectivity index (χ3n) is 2.09. The van der Waals surface area contributed by atoms with Crippen LogP contribution in [-0.2, 0) is 19.1 Å². The van der Waals surface area contributed by atoms with Crippen molar-refractivity contribution >= 4 is 17.7 Å². The molecule has 0 radical (unpaired) electrons. The van der Waals surface area contributed by atoms with E-state index in [1.165, 1.54) is 13.2 Å². The van der Waals surface area contributed by atoms with Crippen molar-refractivity contribution in [3.05, 3.63) is 17.5 Å². The Bertz CT molecular complexity index is 542. The molecule has 0 fully saturated rings. The molecule has 0 aliphatic carbocycles. The van der Waals surface area contributed by atoms with Gasteiger partial charge in [-0.2, -0.15) is 5.10 Å². The molecule has 1 heterocycles. The van der Waals surface area contributed by atoms with Gasteiger partial charge in [0.25, 0.3) is 0 Å². The van der Waals surface area contributed by atoms with Gasteiger partial charge in [0, 0.05) is 6.07 Å². The van der Waals surface area contributed by atoms with E-state index in [9.17, 15) is 9.59 Å². The van der Waals surface area contributed by atoms with Gasteiger partial charge in [0.05, 0.1) is 6.61 Å². The highest BCUT2D eigenvalue weighted by Crippen LogP contribution is 2.11. The van der Waals surface area contributed by atoms with Gasteiger partial charge in [0.15, 0.2) is 0 Å². The number of esters is 2. The Labute approximate surface area is 122 Å². The van der Waals surface area contributed by atoms with Crippen molar-refractivity contribution in [1.29, 1.82) is 0 Å². The third-order valence-corrected chi connectivity index (χ3v) is 2.09. The average Bonchev–Trinajstić information content (AvgIpc) is 2.83. The fraction of sp³-hybridized carbons (Fsp3) is 0.538. The van der Waals surface area contributed by atoms with Crippen molar-refractivity contribution in [1.82, 2.24) is 10.2 Å². The van der Waals surface area contributed by atoms with Gasteiger partial charge in [0.1, 0.15) is 24.1 Å². The standard InChI is InChI=1S/C13H19N3O5/c1-6-20-11(17)9-7-8(14-15-9)10(16-19-5)12(18)21-13(2,3)4/h7H,6H2,1-5H3,(H,14,15). The van der Waals surface area contributed by atoms with E-state index in [0.717, 1.165) is 0 Å². The second-order valence-corrected chi connectivity index (χ2v) is 5.01. The summed E-state index contributed by atoms with van der Waals surface area (Å²) in [5.41, 5.74) is -0.584. The lowest BCUT2D eigenvalue weighted by atomic mass is 10.2. The number of carbonyl (C=O) groups excluding carboxylic acids is 2. The van der Waals surface area contributed by atoms with E-state index in [4.69, 9.17) is 9.47 Å². The predicted molar refractivity (Wildman–Crippen MR) is 73.9 cm³/mol. The van der Waals surface area contributed by atoms with Crippen LogP contribution in [0.2, 0.25) is 0 Å². The second kappa shape index (κ2) is 6.87. The van der Waals surface area contributed by atoms with Crippen molar-refractivity contribution < 1.29 is 23.9 Å². The number of hydrogen-bond acceptors (Lipinski definition) is 7. The Morgan fingerprint density at radius 1 is 1.38 bits per heavy atom. The minimum Gasteiger partial charge on any atom is -0.461 e. The average molecular weight is 297 g/mol. The number of rotatable bonds is 5. The zero-order chi connectivity index (χ0) is 16.0. The van der Waals surface area contributed by atoms with Crippen LogP contribution in [0.15, 0.2) is 11.2 Å². The number of carbonyl (C=O) groups is 2. The molecule has 0 bridgehead atoms. The molecule has 0 saturated carbocycles. The fourth-order valence-electron chi connectivity index (χ4n) is 1.36. The molecule has 0 aromatic carbocycles. The number of aromatic nitrogens is 2. The Balaban J connectivity index is 3.00. The fourth-order valence-corrected chi connectivity index (χ4v) is 1.36. The van der Waals surface area contributed by atoms with Gasteiger partial charge >= 0.3 is 11.9 Å². The number of oxime groups is 1. The summed E-state index contributed by atoms with van der Waals surface area (Å²) in [6, 6.07) is 1.35. The first kappa shape index (κ1) is 16.7. The minimum atomic E-state index is -0.703. The van der Waals surface area contributed by atoms with Gasteiger partial charge < -0.3 is 14.3 Å². The highest BCUT2D eigenvalue weighted by Gasteiger charge is 2.26. The van der Waals surface area contributed by atoms with Crippen LogP contribution < -0.4 is 0 Å². The Hall–Kier alpha value is -2.38. The predicted octanol–water partition coefficient (Wildman–Crippen LogP) is 1.28. The zero-order valence-electron chi connectivity index (χ0n) is 12.7. The van der Waals surface area contributed by atoms with Crippen molar-refractivity contribution in [2.24, 2.45) is 5.16 Å². The molecule has 0 amide bonds. The van der Waals surface area contributed by atoms with E-state index in [-0.39, 0.29) is 23.7 Å². The lowest BCUT2D eigenvalue weighted by molar-refractivity contribution is -0.146. The Morgan fingerprint density at radius 2 is 2.05 bits per heavy atom. The van der Waals surface area contributed by atoms with E-state index < -0.39 is 17.5 Å². The van der Waals surface area contributed by atoms with Crippen LogP contribution in [0.25, 0.3) is 0 Å². The van der Waals surface area contributed by atoms with Gasteiger partial charge in [-0.05, 0) is 27.7 Å². The molecule has 1 rings (SSSR count). The molecule has 1 aromatic rings. The summed E-state index contributed by atoms with van der Waals surface area (Å²) in [6.45, 7) is 7.10. The molecule has 0 aliphatic rings. The first-order valence-corrected chi connectivity index (χ1v) is 6.36. The number of H-pyrrole nitrogens is 1. The molecule has 116 valence electrons. The largest absolute Gasteiger partial charge is 0.461 e. The first-order chi connectivity index (χ1) is 9.78. The van der Waals surface area contributed by atoms with E-state index in [2.05, 4.69) is 20.2 Å². The smallest absolute Gasteiger partial charge is 0.363 e. The molecular weight excluding hydrogens is 278 g/mol. The van der Waals surface area contributed by atoms with Gasteiger partial charge in [0.2, 0.25) is 5.71 Å². The van der Waals surface area contributed by atoms with E-state index in [1.54, 1.807) is 27.7 Å². The minimum absolute atomic E-state index is 0.110. The summed E-state index contributed by atoms with van der Waals surface area (Å²) in [5.74, 6) is -1.27. The Morgan fingerprint density at radius 3 is 2.57 bits per heavy atom. The topological polar surface area (TPSA) is 103 Å². The van der Waals surface area contributed by atoms with E-state index in [1.807, 2.05) is 0 Å². The molecule has 0 atom stereocenters. The Kier molecular flexibility index (Phi) is 5.45. The van der Waals surface area contributed by atoms with Gasteiger partial charge in [-0.1, -0.05) is 5.16 Å². The zero-order valence-corrected chi connectivity index (χ0v) is 12.7. The van der Waals surface area contributed by atoms with Crippen LogP contribution >= 0.6 is 0 Å². The van der Waals surface area contributed by atoms with Crippen molar-refractivity contribution in [2.45, 2.75) is 33.3 Å². The van der Waals surface area contributed by atoms with Gasteiger partial charge in [-0.15, -0.1) is 0 Å². The summed E-state index contributed by atoms with van der Waals surface area (Å²) in [6.07, 6.45) is 0. The SMILES string of the molecule is CCOC(=O)c1cc(C(=NOC)C(=O)OC(C)(C)C)n[nH]1. The van der Waals surface area contributed by atoms with E-state index >= 15 is 0 Å². The maximum absolute atomic E-state index is 12.1. The summed E-state index contributed by atoms with van der Waals surface area (Å²) in [5, 5.41) is 9.93. The summed E-state index contributed by atoms with van der Waals surface area (Å²) >= 11 is 0. The lowest BCUT2D eigenvalue weighted by Crippen LogP contribution is -2.29. The van der Waals surface area contributed by atoms with Crippen molar-refractivity contribution in [3.63, 3.8) is 0 Å². The van der Waals surface area contributed by atoms with Crippen molar-refractivity contribution in [2.75, 3.05) is 13.7 Å². The molecule has 0 aliphatic heterocycles. The van der Waals surface area contributed by atoms with Crippen LogP contribution in [0.1, 0.15) is 43.9 Å². The number of hydrogen-bond donors (Lipinski definition) is 1. The highest BCUT2D eigenvalue weighted by atomic mass is 16.6. The molecule has 8 heteroatoms. The van der Waals surface area contributed by atoms with Crippen LogP contribution in [0.5, 0.6) is 0 Å². The normalized spacial score (nSPS) is 12.0. The molecule has 0 saturated heterocycles. The maximum atomic E-state index is 12.1. The van der Waals surface area contributed by atoms with Crippen molar-refractivity contribution in [3.8, 4) is 0 Å². The van der Waals surface area contributed by atoms with E-state index in [0.29, 0.717) is 0 Å². The maximum Gasteiger partial charge on any atom is 0.363 e. The first-order valence-electron chi connectivity index (χ1n) is 6.36. The highest BCUT2D eigenvalue weighted by molar-refractivity contribution is 6.42. The van der Waals surface area contributed by atoms with Crippen LogP contribution in [0.3, 0.4) is 0 Å². The number of nitrogens with one attached hydrogen (secondary N) is 1. The summed E-state index contributed by atoms with van der Waals surface area (Å²) in [7, 11) is 1.29. The number of nitrogens with zero attached hydrogens (tertiary/aromatic N) is 2. The molecule has 1 aromatic heterocycles. The lowest BCUT2D eigenvalue weighted by Gasteiger charge is -2.19. The molecular formula is C13H19N3O5.